The molecule has 0 amide bonds. The topological polar surface area (TPSA) is 28.2 Å². The van der Waals surface area contributed by atoms with Crippen LogP contribution in [-0.4, -0.2) is 36.1 Å². The Kier molecular flexibility index (Phi) is 3.50. The van der Waals surface area contributed by atoms with Crippen LogP contribution in [0.4, 0.5) is 0 Å². The lowest BCUT2D eigenvalue weighted by atomic mass is 10.3. The summed E-state index contributed by atoms with van der Waals surface area (Å²) in [6, 6.07) is 0. The summed E-state index contributed by atoms with van der Waals surface area (Å²) in [6.45, 7) is 7.76. The second-order valence-electron chi connectivity index (χ2n) is 3.60. The number of nitrogens with zero attached hydrogens (tertiary/aromatic N) is 2. The smallest absolute Gasteiger partial charge is 0.107 e. The minimum absolute atomic E-state index is 1.03. The Morgan fingerprint density at radius 1 is 1.50 bits per heavy atom. The summed E-state index contributed by atoms with van der Waals surface area (Å²) < 4.78 is 0. The fourth-order valence-electron chi connectivity index (χ4n) is 1.65. The van der Waals surface area contributed by atoms with Gasteiger partial charge in [0, 0.05) is 37.3 Å². The minimum Gasteiger partial charge on any atom is -0.314 e. The van der Waals surface area contributed by atoms with E-state index in [9.17, 15) is 0 Å². The summed E-state index contributed by atoms with van der Waals surface area (Å²) in [5.74, 6) is 0. The summed E-state index contributed by atoms with van der Waals surface area (Å²) >= 11 is 1.85. The van der Waals surface area contributed by atoms with Gasteiger partial charge in [-0.2, -0.15) is 0 Å². The van der Waals surface area contributed by atoms with Crippen molar-refractivity contribution in [1.29, 1.82) is 0 Å². The van der Waals surface area contributed by atoms with Crippen LogP contribution in [0.15, 0.2) is 6.20 Å². The molecule has 2 rings (SSSR count). The largest absolute Gasteiger partial charge is 0.314 e. The number of hydrogen-bond acceptors (Lipinski definition) is 4. The van der Waals surface area contributed by atoms with Gasteiger partial charge in [0.15, 0.2) is 0 Å². The Morgan fingerprint density at radius 2 is 2.29 bits per heavy atom. The molecule has 2 heterocycles. The third kappa shape index (κ3) is 2.53. The quantitative estimate of drug-likeness (QED) is 0.812. The normalized spacial score (nSPS) is 18.6. The molecule has 0 bridgehead atoms. The predicted octanol–water partition coefficient (Wildman–Crippen LogP) is 1.11. The molecule has 78 valence electrons. The molecule has 0 saturated carbocycles. The average Bonchev–Trinajstić information content (AvgIpc) is 2.67. The van der Waals surface area contributed by atoms with Crippen molar-refractivity contribution in [3.8, 4) is 0 Å². The highest BCUT2D eigenvalue weighted by atomic mass is 32.1. The standard InChI is InChI=1S/C10H17N3S/c1-2-9-7-12-10(14-9)8-13-5-3-11-4-6-13/h7,11H,2-6,8H2,1H3. The fourth-order valence-corrected chi connectivity index (χ4v) is 2.55. The zero-order valence-corrected chi connectivity index (χ0v) is 9.44. The maximum absolute atomic E-state index is 4.44. The van der Waals surface area contributed by atoms with Gasteiger partial charge in [-0.15, -0.1) is 11.3 Å². The number of thiazole rings is 1. The van der Waals surface area contributed by atoms with Crippen LogP contribution in [0.25, 0.3) is 0 Å². The lowest BCUT2D eigenvalue weighted by Crippen LogP contribution is -2.42. The van der Waals surface area contributed by atoms with E-state index in [-0.39, 0.29) is 0 Å². The molecule has 1 aromatic heterocycles. The van der Waals surface area contributed by atoms with Gasteiger partial charge < -0.3 is 5.32 Å². The van der Waals surface area contributed by atoms with E-state index in [1.165, 1.54) is 9.88 Å². The van der Waals surface area contributed by atoms with E-state index >= 15 is 0 Å². The zero-order valence-electron chi connectivity index (χ0n) is 8.62. The van der Waals surface area contributed by atoms with Crippen LogP contribution in [-0.2, 0) is 13.0 Å². The highest BCUT2D eigenvalue weighted by molar-refractivity contribution is 7.11. The molecule has 0 unspecified atom stereocenters. The highest BCUT2D eigenvalue weighted by Gasteiger charge is 2.11. The molecule has 1 saturated heterocycles. The van der Waals surface area contributed by atoms with Gasteiger partial charge >= 0.3 is 0 Å². The molecular formula is C10H17N3S. The number of aryl methyl sites for hydroxylation is 1. The van der Waals surface area contributed by atoms with Gasteiger partial charge in [-0.1, -0.05) is 6.92 Å². The van der Waals surface area contributed by atoms with Crippen molar-refractivity contribution in [2.24, 2.45) is 0 Å². The molecule has 0 aromatic carbocycles. The number of piperazine rings is 1. The zero-order chi connectivity index (χ0) is 9.80. The average molecular weight is 211 g/mol. The van der Waals surface area contributed by atoms with E-state index in [4.69, 9.17) is 0 Å². The first-order valence-electron chi connectivity index (χ1n) is 5.25. The summed E-state index contributed by atoms with van der Waals surface area (Å²) in [7, 11) is 0. The highest BCUT2D eigenvalue weighted by Crippen LogP contribution is 2.15. The number of rotatable bonds is 3. The van der Waals surface area contributed by atoms with Gasteiger partial charge in [0.2, 0.25) is 0 Å². The molecule has 1 fully saturated rings. The van der Waals surface area contributed by atoms with Gasteiger partial charge in [0.05, 0.1) is 6.54 Å². The third-order valence-electron chi connectivity index (χ3n) is 2.52. The second kappa shape index (κ2) is 4.87. The molecule has 4 heteroatoms. The van der Waals surface area contributed by atoms with Crippen molar-refractivity contribution < 1.29 is 0 Å². The molecule has 3 nitrogen and oxygen atoms in total. The Bertz CT molecular complexity index is 279. The molecule has 0 aliphatic carbocycles. The van der Waals surface area contributed by atoms with Gasteiger partial charge in [-0.05, 0) is 6.42 Å². The molecular weight excluding hydrogens is 194 g/mol. The molecule has 0 radical (unpaired) electrons. The fraction of sp³-hybridized carbons (Fsp3) is 0.700. The predicted molar refractivity (Wildman–Crippen MR) is 59.6 cm³/mol. The van der Waals surface area contributed by atoms with Crippen molar-refractivity contribution in [2.45, 2.75) is 19.9 Å². The summed E-state index contributed by atoms with van der Waals surface area (Å²) in [5.41, 5.74) is 0. The van der Waals surface area contributed by atoms with E-state index in [2.05, 4.69) is 22.1 Å². The molecule has 1 N–H and O–H groups in total. The maximum Gasteiger partial charge on any atom is 0.107 e. The molecule has 1 aromatic rings. The van der Waals surface area contributed by atoms with Gasteiger partial charge in [-0.3, -0.25) is 4.90 Å². The van der Waals surface area contributed by atoms with Crippen LogP contribution >= 0.6 is 11.3 Å². The van der Waals surface area contributed by atoms with Gasteiger partial charge in [0.1, 0.15) is 5.01 Å². The van der Waals surface area contributed by atoms with E-state index in [0.29, 0.717) is 0 Å². The van der Waals surface area contributed by atoms with Crippen LogP contribution in [0, 0.1) is 0 Å². The van der Waals surface area contributed by atoms with Crippen molar-refractivity contribution in [1.82, 2.24) is 15.2 Å². The molecule has 1 aliphatic heterocycles. The minimum atomic E-state index is 1.03. The van der Waals surface area contributed by atoms with E-state index in [1.807, 2.05) is 17.5 Å². The summed E-state index contributed by atoms with van der Waals surface area (Å²) in [6.07, 6.45) is 3.13. The van der Waals surface area contributed by atoms with Crippen LogP contribution in [0.3, 0.4) is 0 Å². The molecule has 0 spiro atoms. The lowest BCUT2D eigenvalue weighted by Gasteiger charge is -2.26. The molecule has 1 aliphatic rings. The molecule has 0 atom stereocenters. The Balaban J connectivity index is 1.89. The van der Waals surface area contributed by atoms with Crippen LogP contribution < -0.4 is 5.32 Å². The SMILES string of the molecule is CCc1cnc(CN2CCNCC2)s1. The monoisotopic (exact) mass is 211 g/mol. The summed E-state index contributed by atoms with van der Waals surface area (Å²) in [4.78, 5) is 8.30. The third-order valence-corrected chi connectivity index (χ3v) is 3.64. The van der Waals surface area contributed by atoms with Crippen LogP contribution in [0.1, 0.15) is 16.8 Å². The van der Waals surface area contributed by atoms with Crippen molar-refractivity contribution in [3.63, 3.8) is 0 Å². The number of hydrogen-bond donors (Lipinski definition) is 1. The van der Waals surface area contributed by atoms with Crippen molar-refractivity contribution in [2.75, 3.05) is 26.2 Å². The van der Waals surface area contributed by atoms with Crippen molar-refractivity contribution in [3.05, 3.63) is 16.1 Å². The van der Waals surface area contributed by atoms with Crippen LogP contribution in [0.5, 0.6) is 0 Å². The Morgan fingerprint density at radius 3 is 2.93 bits per heavy atom. The first kappa shape index (κ1) is 10.1. The maximum atomic E-state index is 4.44. The van der Waals surface area contributed by atoms with Crippen LogP contribution in [0.2, 0.25) is 0 Å². The number of nitrogens with one attached hydrogen (secondary N) is 1. The number of aromatic nitrogens is 1. The summed E-state index contributed by atoms with van der Waals surface area (Å²) in [5, 5.41) is 4.63. The first-order chi connectivity index (χ1) is 6.88. The van der Waals surface area contributed by atoms with Crippen molar-refractivity contribution >= 4 is 11.3 Å². The second-order valence-corrected chi connectivity index (χ2v) is 4.80. The van der Waals surface area contributed by atoms with Gasteiger partial charge in [0.25, 0.3) is 0 Å². The van der Waals surface area contributed by atoms with E-state index in [0.717, 1.165) is 39.1 Å². The first-order valence-corrected chi connectivity index (χ1v) is 6.07. The molecule has 14 heavy (non-hydrogen) atoms. The lowest BCUT2D eigenvalue weighted by molar-refractivity contribution is 0.233. The Labute approximate surface area is 89.1 Å². The van der Waals surface area contributed by atoms with E-state index < -0.39 is 0 Å². The Hall–Kier alpha value is -0.450. The van der Waals surface area contributed by atoms with E-state index in [1.54, 1.807) is 0 Å². The van der Waals surface area contributed by atoms with Gasteiger partial charge in [-0.25, -0.2) is 4.98 Å².